The molecule has 0 aliphatic carbocycles. The van der Waals surface area contributed by atoms with E-state index in [0.29, 0.717) is 11.7 Å². The number of halogens is 1. The molecule has 2 aromatic rings. The summed E-state index contributed by atoms with van der Waals surface area (Å²) in [4.78, 5) is 16.6. The van der Waals surface area contributed by atoms with Gasteiger partial charge in [-0.05, 0) is 47.5 Å². The number of hydrogen-bond donors (Lipinski definition) is 1. The lowest BCUT2D eigenvalue weighted by Crippen LogP contribution is -2.15. The number of carbonyl (C=O) groups excluding carboxylic acids is 1. The van der Waals surface area contributed by atoms with Crippen LogP contribution in [0.2, 0.25) is 0 Å². The van der Waals surface area contributed by atoms with Crippen molar-refractivity contribution in [3.63, 3.8) is 0 Å². The van der Waals surface area contributed by atoms with Gasteiger partial charge >= 0.3 is 0 Å². The van der Waals surface area contributed by atoms with Gasteiger partial charge in [0.1, 0.15) is 5.76 Å². The van der Waals surface area contributed by atoms with Gasteiger partial charge in [-0.25, -0.2) is 4.98 Å². The quantitative estimate of drug-likeness (QED) is 0.869. The van der Waals surface area contributed by atoms with Gasteiger partial charge < -0.3 is 9.73 Å². The minimum atomic E-state index is -0.167. The summed E-state index contributed by atoms with van der Waals surface area (Å²) in [7, 11) is 0. The van der Waals surface area contributed by atoms with E-state index in [0.717, 1.165) is 21.4 Å². The number of hydrogen-bond acceptors (Lipinski definition) is 3. The first kappa shape index (κ1) is 16.7. The molecular formula is C17H21BrN2O2. The van der Waals surface area contributed by atoms with E-state index in [1.165, 1.54) is 0 Å². The summed E-state index contributed by atoms with van der Waals surface area (Å²) in [5, 5.41) is 2.89. The zero-order chi connectivity index (χ0) is 16.5. The molecule has 1 aromatic carbocycles. The highest BCUT2D eigenvalue weighted by atomic mass is 79.9. The number of aryl methyl sites for hydroxylation is 2. The fourth-order valence-corrected chi connectivity index (χ4v) is 2.57. The predicted octanol–water partition coefficient (Wildman–Crippen LogP) is 4.53. The molecule has 0 aliphatic heterocycles. The minimum Gasteiger partial charge on any atom is -0.444 e. The summed E-state index contributed by atoms with van der Waals surface area (Å²) in [5.74, 6) is 1.15. The monoisotopic (exact) mass is 364 g/mol. The summed E-state index contributed by atoms with van der Waals surface area (Å²) in [6, 6.07) is 5.80. The van der Waals surface area contributed by atoms with Crippen LogP contribution in [0.25, 0.3) is 0 Å². The largest absolute Gasteiger partial charge is 0.444 e. The summed E-state index contributed by atoms with van der Waals surface area (Å²) in [6.45, 7) is 9.97. The van der Waals surface area contributed by atoms with Gasteiger partial charge in [0, 0.05) is 9.89 Å². The molecule has 1 heterocycles. The van der Waals surface area contributed by atoms with Gasteiger partial charge in [0.2, 0.25) is 5.91 Å². The van der Waals surface area contributed by atoms with Crippen molar-refractivity contribution < 1.29 is 9.21 Å². The Hall–Kier alpha value is -1.62. The van der Waals surface area contributed by atoms with E-state index < -0.39 is 0 Å². The fraction of sp³-hybridized carbons (Fsp3) is 0.412. The third-order valence-corrected chi connectivity index (χ3v) is 3.91. The standard InChI is InChI=1S/C17H21BrN2O2/c1-10-6-7-13(12(18)8-10)20-15(21)9-14-11(2)19-16(22-14)17(3,4)5/h6-8H,9H2,1-5H3,(H,20,21). The summed E-state index contributed by atoms with van der Waals surface area (Å²) >= 11 is 3.46. The van der Waals surface area contributed by atoms with Crippen LogP contribution in [0.3, 0.4) is 0 Å². The minimum absolute atomic E-state index is 0.121. The zero-order valence-corrected chi connectivity index (χ0v) is 15.2. The highest BCUT2D eigenvalue weighted by Gasteiger charge is 2.23. The van der Waals surface area contributed by atoms with Crippen LogP contribution in [0.4, 0.5) is 5.69 Å². The van der Waals surface area contributed by atoms with Gasteiger partial charge in [0.25, 0.3) is 0 Å². The van der Waals surface area contributed by atoms with Crippen molar-refractivity contribution in [3.05, 3.63) is 45.6 Å². The van der Waals surface area contributed by atoms with Gasteiger partial charge in [-0.15, -0.1) is 0 Å². The lowest BCUT2D eigenvalue weighted by Gasteiger charge is -2.12. The lowest BCUT2D eigenvalue weighted by atomic mass is 9.97. The smallest absolute Gasteiger partial charge is 0.232 e. The number of carbonyl (C=O) groups is 1. The third-order valence-electron chi connectivity index (χ3n) is 3.25. The Labute approximate surface area is 139 Å². The molecule has 1 N–H and O–H groups in total. The first-order valence-corrected chi connectivity index (χ1v) is 7.99. The number of oxazole rings is 1. The number of amides is 1. The van der Waals surface area contributed by atoms with Crippen LogP contribution in [0.5, 0.6) is 0 Å². The second-order valence-electron chi connectivity index (χ2n) is 6.49. The van der Waals surface area contributed by atoms with Crippen LogP contribution in [0, 0.1) is 13.8 Å². The molecule has 1 aromatic heterocycles. The molecule has 0 radical (unpaired) electrons. The van der Waals surface area contributed by atoms with E-state index in [2.05, 4.69) is 26.2 Å². The molecular weight excluding hydrogens is 344 g/mol. The highest BCUT2D eigenvalue weighted by Crippen LogP contribution is 2.26. The van der Waals surface area contributed by atoms with Crippen molar-refractivity contribution in [1.82, 2.24) is 4.98 Å². The van der Waals surface area contributed by atoms with Crippen molar-refractivity contribution >= 4 is 27.5 Å². The Bertz CT molecular complexity index is 699. The maximum atomic E-state index is 12.2. The van der Waals surface area contributed by atoms with Crippen LogP contribution in [0.15, 0.2) is 27.1 Å². The number of anilines is 1. The van der Waals surface area contributed by atoms with Crippen molar-refractivity contribution in [2.24, 2.45) is 0 Å². The molecule has 0 unspecified atom stereocenters. The lowest BCUT2D eigenvalue weighted by molar-refractivity contribution is -0.115. The van der Waals surface area contributed by atoms with E-state index in [9.17, 15) is 4.79 Å². The van der Waals surface area contributed by atoms with E-state index >= 15 is 0 Å². The molecule has 0 saturated heterocycles. The van der Waals surface area contributed by atoms with E-state index in [1.807, 2.05) is 52.8 Å². The molecule has 22 heavy (non-hydrogen) atoms. The molecule has 0 fully saturated rings. The van der Waals surface area contributed by atoms with Crippen molar-refractivity contribution in [3.8, 4) is 0 Å². The topological polar surface area (TPSA) is 55.1 Å². The average Bonchev–Trinajstić information content (AvgIpc) is 2.74. The maximum absolute atomic E-state index is 12.2. The molecule has 4 nitrogen and oxygen atoms in total. The first-order chi connectivity index (χ1) is 10.2. The predicted molar refractivity (Wildman–Crippen MR) is 91.2 cm³/mol. The SMILES string of the molecule is Cc1ccc(NC(=O)Cc2oc(C(C)(C)C)nc2C)c(Br)c1. The van der Waals surface area contributed by atoms with Crippen molar-refractivity contribution in [1.29, 1.82) is 0 Å². The van der Waals surface area contributed by atoms with Gasteiger partial charge in [-0.1, -0.05) is 26.8 Å². The number of nitrogens with zero attached hydrogens (tertiary/aromatic N) is 1. The fourth-order valence-electron chi connectivity index (χ4n) is 1.97. The highest BCUT2D eigenvalue weighted by molar-refractivity contribution is 9.10. The zero-order valence-electron chi connectivity index (χ0n) is 13.6. The number of aromatic nitrogens is 1. The van der Waals surface area contributed by atoms with Crippen LogP contribution in [0.1, 0.15) is 43.7 Å². The van der Waals surface area contributed by atoms with Crippen LogP contribution in [-0.4, -0.2) is 10.9 Å². The van der Waals surface area contributed by atoms with Gasteiger partial charge in [0.05, 0.1) is 17.8 Å². The second kappa shape index (κ2) is 6.24. The normalized spacial score (nSPS) is 11.5. The molecule has 5 heteroatoms. The molecule has 2 rings (SSSR count). The number of nitrogens with one attached hydrogen (secondary N) is 1. The molecule has 1 amide bonds. The summed E-state index contributed by atoms with van der Waals surface area (Å²) < 4.78 is 6.62. The Morgan fingerprint density at radius 3 is 2.55 bits per heavy atom. The van der Waals surface area contributed by atoms with Gasteiger partial charge in [0.15, 0.2) is 5.89 Å². The Morgan fingerprint density at radius 1 is 1.32 bits per heavy atom. The van der Waals surface area contributed by atoms with Gasteiger partial charge in [-0.3, -0.25) is 4.79 Å². The van der Waals surface area contributed by atoms with E-state index in [-0.39, 0.29) is 17.7 Å². The molecule has 0 aliphatic rings. The Morgan fingerprint density at radius 2 is 2.00 bits per heavy atom. The average molecular weight is 365 g/mol. The Balaban J connectivity index is 2.11. The molecule has 0 atom stereocenters. The summed E-state index contributed by atoms with van der Waals surface area (Å²) in [5.41, 5.74) is 2.48. The van der Waals surface area contributed by atoms with Crippen LogP contribution >= 0.6 is 15.9 Å². The van der Waals surface area contributed by atoms with Gasteiger partial charge in [-0.2, -0.15) is 0 Å². The maximum Gasteiger partial charge on any atom is 0.232 e. The first-order valence-electron chi connectivity index (χ1n) is 7.19. The van der Waals surface area contributed by atoms with Crippen LogP contribution < -0.4 is 5.32 Å². The molecule has 0 spiro atoms. The molecule has 0 bridgehead atoms. The second-order valence-corrected chi connectivity index (χ2v) is 7.34. The third kappa shape index (κ3) is 3.97. The summed E-state index contributed by atoms with van der Waals surface area (Å²) in [6.07, 6.45) is 0.176. The molecule has 118 valence electrons. The molecule has 0 saturated carbocycles. The van der Waals surface area contributed by atoms with E-state index in [4.69, 9.17) is 4.42 Å². The van der Waals surface area contributed by atoms with Crippen molar-refractivity contribution in [2.45, 2.75) is 46.5 Å². The van der Waals surface area contributed by atoms with E-state index in [1.54, 1.807) is 0 Å². The Kier molecular flexibility index (Phi) is 4.75. The number of rotatable bonds is 3. The number of benzene rings is 1. The van der Waals surface area contributed by atoms with Crippen molar-refractivity contribution in [2.75, 3.05) is 5.32 Å². The van der Waals surface area contributed by atoms with Crippen LogP contribution in [-0.2, 0) is 16.6 Å².